The van der Waals surface area contributed by atoms with E-state index in [9.17, 15) is 19.2 Å². The van der Waals surface area contributed by atoms with Gasteiger partial charge < -0.3 is 10.2 Å². The number of carbonyl (C=O) groups is 2. The van der Waals surface area contributed by atoms with Gasteiger partial charge >= 0.3 is 0 Å². The van der Waals surface area contributed by atoms with Crippen molar-refractivity contribution in [1.29, 1.82) is 5.26 Å². The fourth-order valence-electron chi connectivity index (χ4n) is 3.31. The number of anilines is 2. The average molecular weight is 400 g/mol. The van der Waals surface area contributed by atoms with Crippen LogP contribution < -0.4 is 10.2 Å². The lowest BCUT2D eigenvalue weighted by molar-refractivity contribution is -0.120. The zero-order valence-corrected chi connectivity index (χ0v) is 16.1. The molecule has 2 aromatic carbocycles. The van der Waals surface area contributed by atoms with E-state index in [1.807, 2.05) is 4.90 Å². The lowest BCUT2D eigenvalue weighted by Crippen LogP contribution is -2.38. The number of Topliss-reactive ketones (excluding diaryl/α,β-unsaturated/α-hetero) is 1. The van der Waals surface area contributed by atoms with Crippen molar-refractivity contribution in [3.05, 3.63) is 58.4 Å². The van der Waals surface area contributed by atoms with E-state index in [0.29, 0.717) is 42.7 Å². The van der Waals surface area contributed by atoms with Crippen LogP contribution in [0.25, 0.3) is 0 Å². The first-order valence-electron chi connectivity index (χ1n) is 8.95. The topological polar surface area (TPSA) is 73.2 Å². The van der Waals surface area contributed by atoms with Gasteiger partial charge in [-0.3, -0.25) is 9.59 Å². The summed E-state index contributed by atoms with van der Waals surface area (Å²) in [6.07, 6.45) is 1.21. The first kappa shape index (κ1) is 19.8. The normalized spacial score (nSPS) is 14.4. The Morgan fingerprint density at radius 3 is 2.54 bits per heavy atom. The molecule has 1 amide bonds. The molecule has 0 unspecified atom stereocenters. The van der Waals surface area contributed by atoms with Crippen molar-refractivity contribution in [1.82, 2.24) is 0 Å². The number of hydrogen-bond donors (Lipinski definition) is 1. The molecule has 5 nitrogen and oxygen atoms in total. The Bertz CT molecular complexity index is 963. The van der Waals surface area contributed by atoms with Crippen LogP contribution in [0.1, 0.15) is 35.7 Å². The number of hydrogen-bond acceptors (Lipinski definition) is 4. The number of benzene rings is 2. The highest BCUT2D eigenvalue weighted by molar-refractivity contribution is 6.31. The molecule has 28 heavy (non-hydrogen) atoms. The summed E-state index contributed by atoms with van der Waals surface area (Å²) in [7, 11) is 0. The van der Waals surface area contributed by atoms with Crippen molar-refractivity contribution in [3.8, 4) is 6.07 Å². The van der Waals surface area contributed by atoms with Gasteiger partial charge in [0, 0.05) is 30.3 Å². The Balaban J connectivity index is 1.66. The highest BCUT2D eigenvalue weighted by Gasteiger charge is 2.26. The first-order chi connectivity index (χ1) is 13.4. The molecule has 1 aliphatic rings. The van der Waals surface area contributed by atoms with Crippen molar-refractivity contribution in [2.24, 2.45) is 5.92 Å². The van der Waals surface area contributed by atoms with Crippen LogP contribution in [0.3, 0.4) is 0 Å². The van der Waals surface area contributed by atoms with Crippen LogP contribution in [-0.4, -0.2) is 24.8 Å². The largest absolute Gasteiger partial charge is 0.370 e. The number of ketones is 1. The number of nitriles is 1. The summed E-state index contributed by atoms with van der Waals surface area (Å²) in [6, 6.07) is 11.3. The Hall–Kier alpha value is -2.91. The minimum atomic E-state index is -0.533. The Morgan fingerprint density at radius 2 is 1.93 bits per heavy atom. The predicted octanol–water partition coefficient (Wildman–Crippen LogP) is 4.41. The number of nitrogens with zero attached hydrogens (tertiary/aromatic N) is 2. The van der Waals surface area contributed by atoms with E-state index in [1.165, 1.54) is 25.1 Å². The zero-order chi connectivity index (χ0) is 20.3. The van der Waals surface area contributed by atoms with Gasteiger partial charge in [0.1, 0.15) is 11.9 Å². The zero-order valence-electron chi connectivity index (χ0n) is 15.3. The smallest absolute Gasteiger partial charge is 0.227 e. The van der Waals surface area contributed by atoms with Gasteiger partial charge in [0.05, 0.1) is 16.3 Å². The molecule has 2 aromatic rings. The third kappa shape index (κ3) is 4.32. The summed E-state index contributed by atoms with van der Waals surface area (Å²) in [4.78, 5) is 26.2. The quantitative estimate of drug-likeness (QED) is 0.773. The second-order valence-electron chi connectivity index (χ2n) is 6.78. The van der Waals surface area contributed by atoms with Crippen LogP contribution in [0, 0.1) is 23.1 Å². The third-order valence-electron chi connectivity index (χ3n) is 4.92. The monoisotopic (exact) mass is 399 g/mol. The second-order valence-corrected chi connectivity index (χ2v) is 7.19. The fraction of sp³-hybridized carbons (Fsp3) is 0.286. The molecule has 0 bridgehead atoms. The van der Waals surface area contributed by atoms with Crippen LogP contribution >= 0.6 is 11.6 Å². The maximum Gasteiger partial charge on any atom is 0.227 e. The van der Waals surface area contributed by atoms with Gasteiger partial charge in [0.25, 0.3) is 0 Å². The van der Waals surface area contributed by atoms with Gasteiger partial charge in [-0.1, -0.05) is 11.6 Å². The van der Waals surface area contributed by atoms with E-state index in [2.05, 4.69) is 11.4 Å². The predicted molar refractivity (Wildman–Crippen MR) is 106 cm³/mol. The highest BCUT2D eigenvalue weighted by Crippen LogP contribution is 2.28. The molecular formula is C21H19ClFN3O2. The number of carbonyl (C=O) groups excluding carboxylic acids is 2. The molecule has 1 N–H and O–H groups in total. The highest BCUT2D eigenvalue weighted by atomic mass is 35.5. The SMILES string of the molecule is CC(=O)c1ccc(C#N)c(N2CCC(C(=O)Nc3ccc(F)c(Cl)c3)CC2)c1. The molecule has 144 valence electrons. The molecule has 1 fully saturated rings. The molecule has 0 saturated carbocycles. The van der Waals surface area contributed by atoms with E-state index in [0.717, 1.165) is 5.69 Å². The van der Waals surface area contributed by atoms with Gasteiger partial charge in [-0.2, -0.15) is 5.26 Å². The summed E-state index contributed by atoms with van der Waals surface area (Å²) in [5.74, 6) is -0.922. The van der Waals surface area contributed by atoms with E-state index in [4.69, 9.17) is 11.6 Å². The maximum absolute atomic E-state index is 13.2. The van der Waals surface area contributed by atoms with E-state index in [-0.39, 0.29) is 22.6 Å². The van der Waals surface area contributed by atoms with E-state index < -0.39 is 5.82 Å². The lowest BCUT2D eigenvalue weighted by atomic mass is 9.94. The molecule has 1 saturated heterocycles. The summed E-state index contributed by atoms with van der Waals surface area (Å²) in [5.41, 5.74) is 2.25. The maximum atomic E-state index is 13.2. The third-order valence-corrected chi connectivity index (χ3v) is 5.21. The number of nitrogens with one attached hydrogen (secondary N) is 1. The molecule has 3 rings (SSSR count). The second kappa shape index (κ2) is 8.41. The molecule has 0 spiro atoms. The van der Waals surface area contributed by atoms with Crippen LogP contribution in [0.2, 0.25) is 5.02 Å². The molecule has 0 radical (unpaired) electrons. The Kier molecular flexibility index (Phi) is 5.96. The van der Waals surface area contributed by atoms with Gasteiger partial charge in [-0.05, 0) is 56.2 Å². The molecule has 0 aromatic heterocycles. The number of rotatable bonds is 4. The van der Waals surface area contributed by atoms with Gasteiger partial charge in [0.2, 0.25) is 5.91 Å². The van der Waals surface area contributed by atoms with Crippen molar-refractivity contribution >= 4 is 34.7 Å². The van der Waals surface area contributed by atoms with Crippen LogP contribution in [0.15, 0.2) is 36.4 Å². The molecule has 0 atom stereocenters. The molecule has 7 heteroatoms. The number of amides is 1. The summed E-state index contributed by atoms with van der Waals surface area (Å²) >= 11 is 5.75. The standard InChI is InChI=1S/C21H19ClFN3O2/c1-13(27)15-2-3-16(12-24)20(10-15)26-8-6-14(7-9-26)21(28)25-17-4-5-19(23)18(22)11-17/h2-5,10-11,14H,6-9H2,1H3,(H,25,28). The van der Waals surface area contributed by atoms with E-state index >= 15 is 0 Å². The number of halogens is 2. The van der Waals surface area contributed by atoms with E-state index in [1.54, 1.807) is 18.2 Å². The van der Waals surface area contributed by atoms with Crippen molar-refractivity contribution < 1.29 is 14.0 Å². The van der Waals surface area contributed by atoms with Gasteiger partial charge in [-0.15, -0.1) is 0 Å². The summed E-state index contributed by atoms with van der Waals surface area (Å²) in [6.45, 7) is 2.68. The molecule has 0 aliphatic carbocycles. The summed E-state index contributed by atoms with van der Waals surface area (Å²) in [5, 5.41) is 12.1. The lowest BCUT2D eigenvalue weighted by Gasteiger charge is -2.33. The summed E-state index contributed by atoms with van der Waals surface area (Å²) < 4.78 is 13.2. The fourth-order valence-corrected chi connectivity index (χ4v) is 3.49. The molecule has 1 heterocycles. The average Bonchev–Trinajstić information content (AvgIpc) is 2.70. The van der Waals surface area contributed by atoms with Crippen LogP contribution in [0.4, 0.5) is 15.8 Å². The first-order valence-corrected chi connectivity index (χ1v) is 9.33. The van der Waals surface area contributed by atoms with Crippen LogP contribution in [-0.2, 0) is 4.79 Å². The Morgan fingerprint density at radius 1 is 1.21 bits per heavy atom. The van der Waals surface area contributed by atoms with Crippen molar-refractivity contribution in [2.75, 3.05) is 23.3 Å². The van der Waals surface area contributed by atoms with Gasteiger partial charge in [-0.25, -0.2) is 4.39 Å². The molecular weight excluding hydrogens is 381 g/mol. The number of piperidine rings is 1. The van der Waals surface area contributed by atoms with Crippen molar-refractivity contribution in [2.45, 2.75) is 19.8 Å². The minimum Gasteiger partial charge on any atom is -0.370 e. The minimum absolute atomic E-state index is 0.0398. The van der Waals surface area contributed by atoms with Gasteiger partial charge in [0.15, 0.2) is 5.78 Å². The van der Waals surface area contributed by atoms with Crippen LogP contribution in [0.5, 0.6) is 0 Å². The molecule has 1 aliphatic heterocycles. The Labute approximate surface area is 167 Å². The van der Waals surface area contributed by atoms with Crippen molar-refractivity contribution in [3.63, 3.8) is 0 Å².